The van der Waals surface area contributed by atoms with E-state index in [0.717, 1.165) is 24.2 Å². The van der Waals surface area contributed by atoms with Crippen LogP contribution in [-0.2, 0) is 6.42 Å². The molecule has 0 saturated heterocycles. The van der Waals surface area contributed by atoms with Crippen molar-refractivity contribution in [3.63, 3.8) is 0 Å². The molecular weight excluding hydrogens is 229 g/mol. The first-order valence-electron chi connectivity index (χ1n) is 6.57. The van der Waals surface area contributed by atoms with E-state index in [1.165, 1.54) is 18.9 Å². The Bertz CT molecular complexity index is 570. The molecule has 2 aromatic rings. The molecule has 1 aromatic carbocycles. The van der Waals surface area contributed by atoms with Gasteiger partial charge in [-0.2, -0.15) is 0 Å². The molecule has 0 bridgehead atoms. The second-order valence-electron chi connectivity index (χ2n) is 5.25. The van der Waals surface area contributed by atoms with Crippen molar-refractivity contribution in [3.8, 4) is 0 Å². The van der Waals surface area contributed by atoms with E-state index in [-0.39, 0.29) is 11.9 Å². The Balaban J connectivity index is 2.06. The van der Waals surface area contributed by atoms with Crippen LogP contribution in [0.1, 0.15) is 38.1 Å². The Hall–Kier alpha value is -1.42. The van der Waals surface area contributed by atoms with Crippen molar-refractivity contribution in [1.29, 1.82) is 0 Å². The number of rotatable bonds is 4. The maximum absolute atomic E-state index is 13.8. The van der Waals surface area contributed by atoms with E-state index < -0.39 is 0 Å². The molecule has 96 valence electrons. The van der Waals surface area contributed by atoms with Crippen LogP contribution in [0.3, 0.4) is 0 Å². The molecule has 1 fully saturated rings. The number of hydrogen-bond donors (Lipinski definition) is 1. The Morgan fingerprint density at radius 1 is 1.50 bits per heavy atom. The highest BCUT2D eigenvalue weighted by molar-refractivity contribution is 5.77. The summed E-state index contributed by atoms with van der Waals surface area (Å²) < 4.78 is 16.0. The molecule has 1 heterocycles. The molecule has 0 amide bonds. The fraction of sp³-hybridized carbons (Fsp3) is 0.500. The maximum atomic E-state index is 13.8. The van der Waals surface area contributed by atoms with Crippen molar-refractivity contribution in [2.24, 2.45) is 5.73 Å². The van der Waals surface area contributed by atoms with E-state index in [9.17, 15) is 4.39 Å². The highest BCUT2D eigenvalue weighted by Gasteiger charge is 2.28. The third-order valence-electron chi connectivity index (χ3n) is 3.48. The van der Waals surface area contributed by atoms with Crippen LogP contribution >= 0.6 is 0 Å². The highest BCUT2D eigenvalue weighted by atomic mass is 19.1. The average molecular weight is 247 g/mol. The molecule has 1 aromatic heterocycles. The first-order valence-corrected chi connectivity index (χ1v) is 6.57. The van der Waals surface area contributed by atoms with Crippen molar-refractivity contribution in [2.45, 2.75) is 44.7 Å². The van der Waals surface area contributed by atoms with Gasteiger partial charge in [0, 0.05) is 18.5 Å². The van der Waals surface area contributed by atoms with E-state index in [0.29, 0.717) is 11.6 Å². The molecular formula is C14H18FN3. The fourth-order valence-electron chi connectivity index (χ4n) is 2.40. The lowest BCUT2D eigenvalue weighted by atomic mass is 10.2. The zero-order valence-corrected chi connectivity index (χ0v) is 10.6. The summed E-state index contributed by atoms with van der Waals surface area (Å²) in [7, 11) is 0. The largest absolute Gasteiger partial charge is 0.328 e. The molecule has 1 unspecified atom stereocenters. The van der Waals surface area contributed by atoms with Crippen molar-refractivity contribution >= 4 is 11.0 Å². The molecule has 3 nitrogen and oxygen atoms in total. The normalized spacial score (nSPS) is 17.3. The van der Waals surface area contributed by atoms with Gasteiger partial charge in [-0.25, -0.2) is 9.37 Å². The van der Waals surface area contributed by atoms with Gasteiger partial charge < -0.3 is 10.3 Å². The van der Waals surface area contributed by atoms with Gasteiger partial charge in [0.1, 0.15) is 11.3 Å². The van der Waals surface area contributed by atoms with Gasteiger partial charge in [0.15, 0.2) is 5.82 Å². The average Bonchev–Trinajstić information content (AvgIpc) is 3.08. The molecule has 1 aliphatic carbocycles. The standard InChI is InChI=1S/C14H18FN3/c1-9(16)5-8-13-17-14-11(15)3-2-4-12(14)18(13)10-6-7-10/h2-4,9-10H,5-8,16H2,1H3. The number of hydrogen-bond acceptors (Lipinski definition) is 2. The minimum Gasteiger partial charge on any atom is -0.328 e. The third kappa shape index (κ3) is 2.01. The van der Waals surface area contributed by atoms with Crippen LogP contribution in [0.5, 0.6) is 0 Å². The van der Waals surface area contributed by atoms with E-state index in [1.54, 1.807) is 6.07 Å². The van der Waals surface area contributed by atoms with E-state index >= 15 is 0 Å². The molecule has 3 rings (SSSR count). The van der Waals surface area contributed by atoms with Gasteiger partial charge in [-0.15, -0.1) is 0 Å². The lowest BCUT2D eigenvalue weighted by molar-refractivity contribution is 0.614. The Morgan fingerprint density at radius 2 is 2.28 bits per heavy atom. The van der Waals surface area contributed by atoms with Crippen molar-refractivity contribution in [3.05, 3.63) is 29.8 Å². The number of imidazole rings is 1. The number of halogens is 1. The van der Waals surface area contributed by atoms with Gasteiger partial charge in [-0.1, -0.05) is 6.07 Å². The van der Waals surface area contributed by atoms with Gasteiger partial charge in [-0.05, 0) is 38.3 Å². The second kappa shape index (κ2) is 4.35. The second-order valence-corrected chi connectivity index (χ2v) is 5.25. The third-order valence-corrected chi connectivity index (χ3v) is 3.48. The molecule has 2 N–H and O–H groups in total. The van der Waals surface area contributed by atoms with Gasteiger partial charge in [-0.3, -0.25) is 0 Å². The maximum Gasteiger partial charge on any atom is 0.151 e. The summed E-state index contributed by atoms with van der Waals surface area (Å²) in [6.07, 6.45) is 4.06. The van der Waals surface area contributed by atoms with Gasteiger partial charge in [0.2, 0.25) is 0 Å². The molecule has 18 heavy (non-hydrogen) atoms. The zero-order valence-electron chi connectivity index (χ0n) is 10.6. The fourth-order valence-corrected chi connectivity index (χ4v) is 2.40. The predicted octanol–water partition coefficient (Wildman–Crippen LogP) is 2.79. The summed E-state index contributed by atoms with van der Waals surface area (Å²) >= 11 is 0. The molecule has 0 aliphatic heterocycles. The monoisotopic (exact) mass is 247 g/mol. The number of para-hydroxylation sites is 1. The minimum absolute atomic E-state index is 0.155. The molecule has 4 heteroatoms. The van der Waals surface area contributed by atoms with Crippen LogP contribution in [0.25, 0.3) is 11.0 Å². The summed E-state index contributed by atoms with van der Waals surface area (Å²) in [5.74, 6) is 0.754. The summed E-state index contributed by atoms with van der Waals surface area (Å²) in [6, 6.07) is 5.86. The summed E-state index contributed by atoms with van der Waals surface area (Å²) in [5.41, 5.74) is 7.23. The van der Waals surface area contributed by atoms with Crippen molar-refractivity contribution < 1.29 is 4.39 Å². The van der Waals surface area contributed by atoms with Crippen LogP contribution in [0.15, 0.2) is 18.2 Å². The van der Waals surface area contributed by atoms with E-state index in [2.05, 4.69) is 9.55 Å². The predicted molar refractivity (Wildman–Crippen MR) is 69.9 cm³/mol. The van der Waals surface area contributed by atoms with Crippen LogP contribution < -0.4 is 5.73 Å². The van der Waals surface area contributed by atoms with Crippen molar-refractivity contribution in [1.82, 2.24) is 9.55 Å². The van der Waals surface area contributed by atoms with Gasteiger partial charge in [0.05, 0.1) is 5.52 Å². The Morgan fingerprint density at radius 3 is 2.94 bits per heavy atom. The number of nitrogens with zero attached hydrogens (tertiary/aromatic N) is 2. The van der Waals surface area contributed by atoms with Crippen LogP contribution in [0.2, 0.25) is 0 Å². The first kappa shape index (κ1) is 11.7. The quantitative estimate of drug-likeness (QED) is 0.902. The van der Waals surface area contributed by atoms with Gasteiger partial charge >= 0.3 is 0 Å². The zero-order chi connectivity index (χ0) is 12.7. The van der Waals surface area contributed by atoms with Crippen LogP contribution in [0, 0.1) is 5.82 Å². The smallest absolute Gasteiger partial charge is 0.151 e. The number of aromatic nitrogens is 2. The summed E-state index contributed by atoms with van der Waals surface area (Å²) in [6.45, 7) is 1.99. The van der Waals surface area contributed by atoms with E-state index in [4.69, 9.17) is 5.73 Å². The summed E-state index contributed by atoms with van der Waals surface area (Å²) in [5, 5.41) is 0. The lowest BCUT2D eigenvalue weighted by Gasteiger charge is -2.08. The Kier molecular flexibility index (Phi) is 2.82. The van der Waals surface area contributed by atoms with Crippen LogP contribution in [0.4, 0.5) is 4.39 Å². The lowest BCUT2D eigenvalue weighted by Crippen LogP contribution is -2.16. The number of benzene rings is 1. The SMILES string of the molecule is CC(N)CCc1nc2c(F)cccc2n1C1CC1. The highest BCUT2D eigenvalue weighted by Crippen LogP contribution is 2.39. The van der Waals surface area contributed by atoms with Gasteiger partial charge in [0.25, 0.3) is 0 Å². The minimum atomic E-state index is -0.228. The number of fused-ring (bicyclic) bond motifs is 1. The number of aryl methyl sites for hydroxylation is 1. The molecule has 1 aliphatic rings. The summed E-state index contributed by atoms with van der Waals surface area (Å²) in [4.78, 5) is 4.48. The van der Waals surface area contributed by atoms with Crippen LogP contribution in [-0.4, -0.2) is 15.6 Å². The Labute approximate surface area is 106 Å². The molecule has 0 spiro atoms. The molecule has 1 saturated carbocycles. The topological polar surface area (TPSA) is 43.8 Å². The first-order chi connectivity index (χ1) is 8.66. The molecule has 0 radical (unpaired) electrons. The van der Waals surface area contributed by atoms with E-state index in [1.807, 2.05) is 13.0 Å². The number of nitrogens with two attached hydrogens (primary N) is 1. The molecule has 1 atom stereocenters. The van der Waals surface area contributed by atoms with Crippen molar-refractivity contribution in [2.75, 3.05) is 0 Å².